The molecule has 0 saturated carbocycles. The summed E-state index contributed by atoms with van der Waals surface area (Å²) < 4.78 is 47.3. The molecule has 3 N–H and O–H groups in total. The Kier molecular flexibility index (Phi) is 9.93. The van der Waals surface area contributed by atoms with E-state index in [9.17, 15) is 22.8 Å². The van der Waals surface area contributed by atoms with Crippen molar-refractivity contribution in [2.45, 2.75) is 32.5 Å². The molecule has 2 rings (SSSR count). The van der Waals surface area contributed by atoms with Crippen LogP contribution in [0.2, 0.25) is 0 Å². The van der Waals surface area contributed by atoms with E-state index in [4.69, 9.17) is 14.6 Å². The molecule has 0 radical (unpaired) electrons. The number of ether oxygens (including phenoxy) is 2. The van der Waals surface area contributed by atoms with Crippen molar-refractivity contribution in [1.82, 2.24) is 10.6 Å². The summed E-state index contributed by atoms with van der Waals surface area (Å²) in [5.41, 5.74) is 0.741. The Morgan fingerprint density at radius 2 is 1.65 bits per heavy atom. The second kappa shape index (κ2) is 12.6. The van der Waals surface area contributed by atoms with E-state index < -0.39 is 31.0 Å². The zero-order valence-electron chi connectivity index (χ0n) is 18.8. The second-order valence-corrected chi connectivity index (χ2v) is 7.47. The first-order chi connectivity index (χ1) is 16.1. The minimum atomic E-state index is -4.32. The van der Waals surface area contributed by atoms with Crippen molar-refractivity contribution in [3.63, 3.8) is 0 Å². The summed E-state index contributed by atoms with van der Waals surface area (Å²) in [6.07, 6.45) is -3.93. The molecule has 0 bridgehead atoms. The molecule has 0 atom stereocenters. The summed E-state index contributed by atoms with van der Waals surface area (Å²) in [5.74, 6) is -0.370. The number of hydrogen-bond donors (Lipinski definition) is 3. The predicted molar refractivity (Wildman–Crippen MR) is 120 cm³/mol. The minimum absolute atomic E-state index is 0.00179. The van der Waals surface area contributed by atoms with Gasteiger partial charge in [-0.25, -0.2) is 0 Å². The lowest BCUT2D eigenvalue weighted by Gasteiger charge is -2.12. The molecular weight excluding hydrogens is 453 g/mol. The van der Waals surface area contributed by atoms with E-state index in [0.29, 0.717) is 11.3 Å². The standard InChI is InChI=1S/C24H27F3N2O5/c1-16(2)34-20-7-3-17(4-8-20)15-21(23(32)28-12-13-30)29-22(31)18-5-9-19(10-6-18)33-14-11-24(25,26)27/h3-10,15-16,30H,11-14H2,1-2H3,(H,28,32)(H,29,31)/b21-15-. The Hall–Kier alpha value is -3.53. The van der Waals surface area contributed by atoms with Gasteiger partial charge in [0.1, 0.15) is 17.2 Å². The monoisotopic (exact) mass is 480 g/mol. The van der Waals surface area contributed by atoms with Gasteiger partial charge < -0.3 is 25.2 Å². The molecule has 0 aromatic heterocycles. The van der Waals surface area contributed by atoms with Gasteiger partial charge in [-0.15, -0.1) is 0 Å². The minimum Gasteiger partial charge on any atom is -0.493 e. The Morgan fingerprint density at radius 1 is 1.03 bits per heavy atom. The van der Waals surface area contributed by atoms with Crippen molar-refractivity contribution in [3.8, 4) is 11.5 Å². The molecule has 34 heavy (non-hydrogen) atoms. The van der Waals surface area contributed by atoms with Gasteiger partial charge in [-0.3, -0.25) is 9.59 Å². The number of aliphatic hydroxyl groups is 1. The van der Waals surface area contributed by atoms with Crippen LogP contribution in [0.25, 0.3) is 6.08 Å². The number of nitrogens with one attached hydrogen (secondary N) is 2. The Bertz CT molecular complexity index is 972. The van der Waals surface area contributed by atoms with E-state index in [1.807, 2.05) is 13.8 Å². The molecule has 2 aromatic carbocycles. The molecule has 0 heterocycles. The van der Waals surface area contributed by atoms with Crippen LogP contribution >= 0.6 is 0 Å². The lowest BCUT2D eigenvalue weighted by molar-refractivity contribution is -0.139. The SMILES string of the molecule is CC(C)Oc1ccc(/C=C(\NC(=O)c2ccc(OCCC(F)(F)F)cc2)C(=O)NCCO)cc1. The van der Waals surface area contributed by atoms with Gasteiger partial charge >= 0.3 is 6.18 Å². The second-order valence-electron chi connectivity index (χ2n) is 7.47. The largest absolute Gasteiger partial charge is 0.493 e. The number of benzene rings is 2. The fourth-order valence-corrected chi connectivity index (χ4v) is 2.69. The zero-order valence-corrected chi connectivity index (χ0v) is 18.8. The van der Waals surface area contributed by atoms with Crippen molar-refractivity contribution in [2.24, 2.45) is 0 Å². The van der Waals surface area contributed by atoms with Crippen LogP contribution in [0.15, 0.2) is 54.2 Å². The molecule has 2 aromatic rings. The van der Waals surface area contributed by atoms with E-state index in [1.54, 1.807) is 24.3 Å². The van der Waals surface area contributed by atoms with Crippen molar-refractivity contribution >= 4 is 17.9 Å². The molecule has 184 valence electrons. The van der Waals surface area contributed by atoms with E-state index in [0.717, 1.165) is 0 Å². The van der Waals surface area contributed by atoms with Gasteiger partial charge in [-0.05, 0) is 61.9 Å². The fraction of sp³-hybridized carbons (Fsp3) is 0.333. The Labute approximate surface area is 195 Å². The first-order valence-corrected chi connectivity index (χ1v) is 10.6. The normalized spacial score (nSPS) is 11.8. The van der Waals surface area contributed by atoms with E-state index >= 15 is 0 Å². The summed E-state index contributed by atoms with van der Waals surface area (Å²) in [4.78, 5) is 25.2. The maximum absolute atomic E-state index is 12.7. The highest BCUT2D eigenvalue weighted by atomic mass is 19.4. The van der Waals surface area contributed by atoms with E-state index in [1.165, 1.54) is 30.3 Å². The maximum atomic E-state index is 12.7. The molecule has 0 fully saturated rings. The topological polar surface area (TPSA) is 96.9 Å². The number of hydrogen-bond acceptors (Lipinski definition) is 5. The Morgan fingerprint density at radius 3 is 2.21 bits per heavy atom. The third-order valence-corrected chi connectivity index (χ3v) is 4.22. The summed E-state index contributed by atoms with van der Waals surface area (Å²) >= 11 is 0. The van der Waals surface area contributed by atoms with E-state index in [2.05, 4.69) is 10.6 Å². The lowest BCUT2D eigenvalue weighted by atomic mass is 10.1. The highest BCUT2D eigenvalue weighted by molar-refractivity contribution is 6.05. The van der Waals surface area contributed by atoms with Crippen LogP contribution in [0.5, 0.6) is 11.5 Å². The van der Waals surface area contributed by atoms with Crippen LogP contribution in [-0.4, -0.2) is 49.0 Å². The number of halogens is 3. The zero-order chi connectivity index (χ0) is 25.1. The van der Waals surface area contributed by atoms with Gasteiger partial charge in [-0.2, -0.15) is 13.2 Å². The first-order valence-electron chi connectivity index (χ1n) is 10.6. The molecule has 0 aliphatic rings. The molecule has 0 aliphatic carbocycles. The quantitative estimate of drug-likeness (QED) is 0.427. The third kappa shape index (κ3) is 9.53. The van der Waals surface area contributed by atoms with Gasteiger partial charge in [-0.1, -0.05) is 12.1 Å². The van der Waals surface area contributed by atoms with Crippen LogP contribution in [0.3, 0.4) is 0 Å². The molecule has 0 spiro atoms. The maximum Gasteiger partial charge on any atom is 0.392 e. The molecule has 2 amide bonds. The lowest BCUT2D eigenvalue weighted by Crippen LogP contribution is -2.36. The molecule has 0 unspecified atom stereocenters. The van der Waals surface area contributed by atoms with Gasteiger partial charge in [0, 0.05) is 12.1 Å². The molecule has 0 aliphatic heterocycles. The van der Waals surface area contributed by atoms with Crippen LogP contribution in [0.4, 0.5) is 13.2 Å². The molecule has 10 heteroatoms. The van der Waals surface area contributed by atoms with Crippen LogP contribution in [0, 0.1) is 0 Å². The number of alkyl halides is 3. The van der Waals surface area contributed by atoms with Crippen LogP contribution in [0.1, 0.15) is 36.2 Å². The summed E-state index contributed by atoms with van der Waals surface area (Å²) in [5, 5.41) is 14.0. The number of carbonyl (C=O) groups is 2. The van der Waals surface area contributed by atoms with Crippen molar-refractivity contribution in [3.05, 3.63) is 65.4 Å². The van der Waals surface area contributed by atoms with Crippen molar-refractivity contribution in [2.75, 3.05) is 19.8 Å². The van der Waals surface area contributed by atoms with Crippen LogP contribution < -0.4 is 20.1 Å². The molecular formula is C24H27F3N2O5. The average Bonchev–Trinajstić information content (AvgIpc) is 2.77. The predicted octanol–water partition coefficient (Wildman–Crippen LogP) is 3.68. The number of rotatable bonds is 11. The summed E-state index contributed by atoms with van der Waals surface area (Å²) in [6.45, 7) is 2.98. The Balaban J connectivity index is 2.12. The number of amides is 2. The average molecular weight is 480 g/mol. The van der Waals surface area contributed by atoms with Gasteiger partial charge in [0.05, 0.1) is 25.7 Å². The molecule has 0 saturated heterocycles. The first kappa shape index (κ1) is 26.7. The smallest absolute Gasteiger partial charge is 0.392 e. The van der Waals surface area contributed by atoms with Gasteiger partial charge in [0.15, 0.2) is 0 Å². The van der Waals surface area contributed by atoms with Crippen LogP contribution in [-0.2, 0) is 4.79 Å². The van der Waals surface area contributed by atoms with Gasteiger partial charge in [0.2, 0.25) is 0 Å². The van der Waals surface area contributed by atoms with Crippen molar-refractivity contribution < 1.29 is 37.3 Å². The molecule has 7 nitrogen and oxygen atoms in total. The number of aliphatic hydroxyl groups excluding tert-OH is 1. The highest BCUT2D eigenvalue weighted by Gasteiger charge is 2.26. The van der Waals surface area contributed by atoms with E-state index in [-0.39, 0.29) is 36.3 Å². The van der Waals surface area contributed by atoms with Gasteiger partial charge in [0.25, 0.3) is 11.8 Å². The van der Waals surface area contributed by atoms with Crippen molar-refractivity contribution in [1.29, 1.82) is 0 Å². The number of carbonyl (C=O) groups excluding carboxylic acids is 2. The highest BCUT2D eigenvalue weighted by Crippen LogP contribution is 2.21. The third-order valence-electron chi connectivity index (χ3n) is 4.22. The fourth-order valence-electron chi connectivity index (χ4n) is 2.69. The summed E-state index contributed by atoms with van der Waals surface area (Å²) in [6, 6.07) is 12.4. The summed E-state index contributed by atoms with van der Waals surface area (Å²) in [7, 11) is 0.